The Hall–Kier alpha value is -4.17. The van der Waals surface area contributed by atoms with Gasteiger partial charge in [-0.15, -0.1) is 0 Å². The van der Waals surface area contributed by atoms with Crippen LogP contribution in [-0.4, -0.2) is 26.4 Å². The summed E-state index contributed by atoms with van der Waals surface area (Å²) >= 11 is 6.18. The number of pyridine rings is 2. The molecule has 0 aliphatic carbocycles. The van der Waals surface area contributed by atoms with Crippen molar-refractivity contribution in [3.63, 3.8) is 0 Å². The van der Waals surface area contributed by atoms with Gasteiger partial charge < -0.3 is 9.30 Å². The van der Waals surface area contributed by atoms with Crippen molar-refractivity contribution in [2.45, 2.75) is 6.54 Å². The van der Waals surface area contributed by atoms with Gasteiger partial charge in [0, 0.05) is 29.0 Å². The molecule has 9 heteroatoms. The second-order valence-electron chi connectivity index (χ2n) is 7.62. The first-order valence-electron chi connectivity index (χ1n) is 10.3. The van der Waals surface area contributed by atoms with Gasteiger partial charge in [0.1, 0.15) is 17.3 Å². The first-order chi connectivity index (χ1) is 16.5. The summed E-state index contributed by atoms with van der Waals surface area (Å²) in [7, 11) is 1.50. The van der Waals surface area contributed by atoms with Crippen LogP contribution in [0.3, 0.4) is 0 Å². The van der Waals surface area contributed by atoms with Gasteiger partial charge in [-0.3, -0.25) is 19.7 Å². The van der Waals surface area contributed by atoms with Gasteiger partial charge in [-0.05, 0) is 42.0 Å². The fourth-order valence-electron chi connectivity index (χ4n) is 4.01. The molecule has 0 saturated carbocycles. The lowest BCUT2D eigenvalue weighted by atomic mass is 10.1. The highest BCUT2D eigenvalue weighted by Crippen LogP contribution is 2.31. The molecule has 1 N–H and O–H groups in total. The Kier molecular flexibility index (Phi) is 5.51. The van der Waals surface area contributed by atoms with Gasteiger partial charge >= 0.3 is 0 Å². The number of methoxy groups -OCH3 is 1. The van der Waals surface area contributed by atoms with Crippen LogP contribution in [-0.2, 0) is 6.54 Å². The van der Waals surface area contributed by atoms with Gasteiger partial charge in [0.25, 0.3) is 11.1 Å². The van der Waals surface area contributed by atoms with Gasteiger partial charge in [0.2, 0.25) is 0 Å². The molecule has 0 atom stereocenters. The minimum atomic E-state index is -0.610. The highest BCUT2D eigenvalue weighted by molar-refractivity contribution is 6.30. The maximum Gasteiger partial charge on any atom is 0.281 e. The molecule has 0 saturated heterocycles. The lowest BCUT2D eigenvalue weighted by Gasteiger charge is -2.15. The zero-order valence-electron chi connectivity index (χ0n) is 18.0. The smallest absolute Gasteiger partial charge is 0.281 e. The van der Waals surface area contributed by atoms with Crippen molar-refractivity contribution in [3.8, 4) is 22.7 Å². The molecule has 34 heavy (non-hydrogen) atoms. The monoisotopic (exact) mass is 476 g/mol. The van der Waals surface area contributed by atoms with Crippen LogP contribution in [0.2, 0.25) is 5.02 Å². The molecule has 0 aliphatic heterocycles. The van der Waals surface area contributed by atoms with Gasteiger partial charge in [-0.25, -0.2) is 9.07 Å². The molecule has 7 nitrogen and oxygen atoms in total. The quantitative estimate of drug-likeness (QED) is 0.408. The molecule has 0 aliphatic rings. The Bertz CT molecular complexity index is 1640. The van der Waals surface area contributed by atoms with E-state index >= 15 is 4.39 Å². The minimum absolute atomic E-state index is 0.0439. The summed E-state index contributed by atoms with van der Waals surface area (Å²) < 4.78 is 23.1. The number of para-hydroxylation sites is 2. The maximum absolute atomic E-state index is 15.1. The number of aromatic nitrogens is 4. The Labute approximate surface area is 197 Å². The summed E-state index contributed by atoms with van der Waals surface area (Å²) in [6.45, 7) is 0.0865. The molecule has 5 rings (SSSR count). The molecule has 3 aromatic heterocycles. The Balaban J connectivity index is 1.88. The molecule has 0 bridgehead atoms. The highest BCUT2D eigenvalue weighted by Gasteiger charge is 2.22. The van der Waals surface area contributed by atoms with Crippen LogP contribution in [0.4, 0.5) is 4.39 Å². The number of halogens is 2. The molecule has 0 fully saturated rings. The minimum Gasteiger partial charge on any atom is -0.494 e. The number of hydrogen-bond acceptors (Lipinski definition) is 4. The Morgan fingerprint density at radius 1 is 1.09 bits per heavy atom. The topological polar surface area (TPSA) is 81.9 Å². The normalized spacial score (nSPS) is 11.1. The van der Waals surface area contributed by atoms with Gasteiger partial charge in [0.05, 0.1) is 30.3 Å². The second-order valence-corrected chi connectivity index (χ2v) is 8.05. The average Bonchev–Trinajstić information content (AvgIpc) is 3.17. The van der Waals surface area contributed by atoms with E-state index in [2.05, 4.69) is 10.1 Å². The summed E-state index contributed by atoms with van der Waals surface area (Å²) in [6.07, 6.45) is 3.23. The third-order valence-electron chi connectivity index (χ3n) is 5.53. The summed E-state index contributed by atoms with van der Waals surface area (Å²) in [4.78, 5) is 31.0. The maximum atomic E-state index is 15.1. The predicted octanol–water partition coefficient (Wildman–Crippen LogP) is 4.39. The average molecular weight is 477 g/mol. The van der Waals surface area contributed by atoms with Crippen molar-refractivity contribution in [2.75, 3.05) is 7.11 Å². The van der Waals surface area contributed by atoms with E-state index in [9.17, 15) is 9.59 Å². The van der Waals surface area contributed by atoms with Crippen molar-refractivity contribution in [2.24, 2.45) is 0 Å². The molecule has 0 unspecified atom stereocenters. The second kappa shape index (κ2) is 8.64. The summed E-state index contributed by atoms with van der Waals surface area (Å²) in [5.41, 5.74) is 0.720. The molecule has 0 amide bonds. The molecular weight excluding hydrogens is 459 g/mol. The van der Waals surface area contributed by atoms with Crippen molar-refractivity contribution in [1.29, 1.82) is 0 Å². The fourth-order valence-corrected chi connectivity index (χ4v) is 4.18. The molecule has 2 aromatic carbocycles. The van der Waals surface area contributed by atoms with E-state index in [1.165, 1.54) is 40.6 Å². The third kappa shape index (κ3) is 3.68. The van der Waals surface area contributed by atoms with E-state index in [0.29, 0.717) is 17.0 Å². The van der Waals surface area contributed by atoms with Crippen molar-refractivity contribution in [1.82, 2.24) is 19.3 Å². The van der Waals surface area contributed by atoms with Crippen molar-refractivity contribution < 1.29 is 9.13 Å². The standard InChI is InChI=1S/C25H18ClFN4O3/c1-34-21-7-3-2-6-20(21)31-25(33)23-19(29-31)12-22(32)30(14-15-5-4-10-28-13-15)24(23)17-11-16(26)8-9-18(17)27/h2-13,29H,14H2,1H3. The fraction of sp³-hybridized carbons (Fsp3) is 0.0800. The van der Waals surface area contributed by atoms with E-state index in [-0.39, 0.29) is 33.7 Å². The number of nitrogens with zero attached hydrogens (tertiary/aromatic N) is 3. The van der Waals surface area contributed by atoms with Crippen molar-refractivity contribution in [3.05, 3.63) is 110 Å². The van der Waals surface area contributed by atoms with E-state index in [0.717, 1.165) is 0 Å². The van der Waals surface area contributed by atoms with Crippen LogP contribution in [0.5, 0.6) is 5.75 Å². The van der Waals surface area contributed by atoms with E-state index < -0.39 is 16.9 Å². The zero-order valence-corrected chi connectivity index (χ0v) is 18.7. The van der Waals surface area contributed by atoms with Crippen LogP contribution in [0.1, 0.15) is 5.56 Å². The first-order valence-corrected chi connectivity index (χ1v) is 10.7. The van der Waals surface area contributed by atoms with Crippen LogP contribution >= 0.6 is 11.6 Å². The number of H-pyrrole nitrogens is 1. The number of fused-ring (bicyclic) bond motifs is 1. The number of rotatable bonds is 5. The van der Waals surface area contributed by atoms with Crippen LogP contribution < -0.4 is 15.9 Å². The van der Waals surface area contributed by atoms with Gasteiger partial charge in [0.15, 0.2) is 0 Å². The van der Waals surface area contributed by atoms with E-state index in [1.54, 1.807) is 48.8 Å². The first kappa shape index (κ1) is 21.7. The van der Waals surface area contributed by atoms with E-state index in [1.807, 2.05) is 0 Å². The molecular formula is C25H18ClFN4O3. The molecule has 5 aromatic rings. The third-order valence-corrected chi connectivity index (χ3v) is 5.77. The summed E-state index contributed by atoms with van der Waals surface area (Å²) in [5.74, 6) is -0.155. The zero-order chi connectivity index (χ0) is 23.8. The van der Waals surface area contributed by atoms with Crippen LogP contribution in [0.15, 0.2) is 82.6 Å². The van der Waals surface area contributed by atoms with Crippen LogP contribution in [0, 0.1) is 5.82 Å². The summed E-state index contributed by atoms with van der Waals surface area (Å²) in [6, 6.07) is 15.8. The number of ether oxygens (including phenoxy) is 1. The van der Waals surface area contributed by atoms with Gasteiger partial charge in [-0.1, -0.05) is 29.8 Å². The van der Waals surface area contributed by atoms with Crippen molar-refractivity contribution >= 4 is 22.5 Å². The molecule has 0 spiro atoms. The van der Waals surface area contributed by atoms with Crippen LogP contribution in [0.25, 0.3) is 27.8 Å². The largest absolute Gasteiger partial charge is 0.494 e. The SMILES string of the molecule is COc1ccccc1-n1[nH]c2cc(=O)n(Cc3cccnc3)c(-c3cc(Cl)ccc3F)c2c1=O. The lowest BCUT2D eigenvalue weighted by molar-refractivity contribution is 0.411. The summed E-state index contributed by atoms with van der Waals surface area (Å²) in [5, 5.41) is 3.40. The molecule has 0 radical (unpaired) electrons. The Morgan fingerprint density at radius 3 is 2.68 bits per heavy atom. The lowest BCUT2D eigenvalue weighted by Crippen LogP contribution is -2.24. The number of hydrogen-bond donors (Lipinski definition) is 1. The number of aromatic amines is 1. The molecule has 3 heterocycles. The molecule has 170 valence electrons. The number of benzene rings is 2. The highest BCUT2D eigenvalue weighted by atomic mass is 35.5. The predicted molar refractivity (Wildman–Crippen MR) is 128 cm³/mol. The Morgan fingerprint density at radius 2 is 1.91 bits per heavy atom. The van der Waals surface area contributed by atoms with E-state index in [4.69, 9.17) is 16.3 Å². The van der Waals surface area contributed by atoms with Gasteiger partial charge in [-0.2, -0.15) is 0 Å². The number of nitrogens with one attached hydrogen (secondary N) is 1.